The zero-order valence-corrected chi connectivity index (χ0v) is 25.3. The summed E-state index contributed by atoms with van der Waals surface area (Å²) in [7, 11) is 0. The minimum Gasteiger partial charge on any atom is -0.492 e. The molecule has 1 saturated heterocycles. The van der Waals surface area contributed by atoms with Crippen LogP contribution in [0.1, 0.15) is 39.1 Å². The molecule has 11 heteroatoms. The predicted molar refractivity (Wildman–Crippen MR) is 164 cm³/mol. The average molecular weight is 629 g/mol. The summed E-state index contributed by atoms with van der Waals surface area (Å²) in [6.07, 6.45) is -4.42. The number of benzene rings is 3. The van der Waals surface area contributed by atoms with Crippen molar-refractivity contribution in [2.45, 2.75) is 32.7 Å². The molecule has 0 radical (unpaired) electrons. The van der Waals surface area contributed by atoms with E-state index in [0.717, 1.165) is 23.1 Å². The molecule has 43 heavy (non-hydrogen) atoms. The van der Waals surface area contributed by atoms with Crippen LogP contribution in [-0.4, -0.2) is 53.5 Å². The quantitative estimate of drug-likeness (QED) is 0.183. The van der Waals surface area contributed by atoms with Gasteiger partial charge in [-0.05, 0) is 48.4 Å². The fourth-order valence-electron chi connectivity index (χ4n) is 5.15. The zero-order valence-electron chi connectivity index (χ0n) is 23.7. The molecule has 1 aliphatic rings. The van der Waals surface area contributed by atoms with Crippen molar-refractivity contribution in [3.63, 3.8) is 0 Å². The predicted octanol–water partition coefficient (Wildman–Crippen LogP) is 7.38. The van der Waals surface area contributed by atoms with Gasteiger partial charge in [-0.25, -0.2) is 4.98 Å². The fraction of sp³-hybridized carbons (Fsp3) is 0.312. The number of carbonyl (C=O) groups is 1. The number of amides is 1. The van der Waals surface area contributed by atoms with Crippen LogP contribution < -0.4 is 9.64 Å². The molecule has 1 amide bonds. The molecule has 1 aromatic heterocycles. The highest BCUT2D eigenvalue weighted by Gasteiger charge is 2.30. The van der Waals surface area contributed by atoms with Crippen molar-refractivity contribution in [3.8, 4) is 5.75 Å². The molecule has 0 N–H and O–H groups in total. The van der Waals surface area contributed by atoms with Crippen LogP contribution in [0.25, 0.3) is 0 Å². The van der Waals surface area contributed by atoms with Crippen molar-refractivity contribution < 1.29 is 22.7 Å². The minimum atomic E-state index is -4.42. The number of aromatic nitrogens is 1. The number of thiazole rings is 1. The van der Waals surface area contributed by atoms with Crippen molar-refractivity contribution in [3.05, 3.63) is 111 Å². The summed E-state index contributed by atoms with van der Waals surface area (Å²) in [5.74, 6) is 0.709. The Morgan fingerprint density at radius 1 is 0.953 bits per heavy atom. The first-order chi connectivity index (χ1) is 20.7. The summed E-state index contributed by atoms with van der Waals surface area (Å²) in [5, 5.41) is 3.05. The van der Waals surface area contributed by atoms with Crippen LogP contribution in [0, 0.1) is 0 Å². The van der Waals surface area contributed by atoms with Gasteiger partial charge in [0.2, 0.25) is 0 Å². The van der Waals surface area contributed by atoms with E-state index >= 15 is 0 Å². The van der Waals surface area contributed by atoms with Gasteiger partial charge in [-0.2, -0.15) is 13.2 Å². The second-order valence-electron chi connectivity index (χ2n) is 10.3. The van der Waals surface area contributed by atoms with Gasteiger partial charge in [-0.1, -0.05) is 54.1 Å². The lowest BCUT2D eigenvalue weighted by Gasteiger charge is -2.36. The topological polar surface area (TPSA) is 48.9 Å². The second kappa shape index (κ2) is 13.8. The highest BCUT2D eigenvalue weighted by Crippen LogP contribution is 2.31. The normalized spacial score (nSPS) is 13.9. The van der Waals surface area contributed by atoms with Crippen LogP contribution in [0.4, 0.5) is 18.9 Å². The molecular formula is C32H32ClF3N4O2S. The summed E-state index contributed by atoms with van der Waals surface area (Å²) >= 11 is 7.57. The van der Waals surface area contributed by atoms with Crippen LogP contribution in [0.15, 0.2) is 78.2 Å². The Kier molecular flexibility index (Phi) is 9.90. The number of nitrogens with zero attached hydrogens (tertiary/aromatic N) is 4. The molecule has 5 rings (SSSR count). The maximum Gasteiger partial charge on any atom is 0.416 e. The molecule has 0 saturated carbocycles. The fourth-order valence-corrected chi connectivity index (χ4v) is 6.17. The number of rotatable bonds is 10. The summed E-state index contributed by atoms with van der Waals surface area (Å²) in [4.78, 5) is 24.0. The number of ether oxygens (including phenoxy) is 1. The SMILES string of the molecule is CCOc1ccccc1N1CCN(C(=O)c2csc(CN(Cc3cccc(Cl)c3)Cc3cccc(C(F)(F)F)c3)n2)CC1. The largest absolute Gasteiger partial charge is 0.492 e. The molecule has 0 atom stereocenters. The molecule has 0 bridgehead atoms. The highest BCUT2D eigenvalue weighted by atomic mass is 35.5. The third kappa shape index (κ3) is 8.07. The van der Waals surface area contributed by atoms with Gasteiger partial charge in [0.05, 0.1) is 24.4 Å². The van der Waals surface area contributed by atoms with Crippen molar-refractivity contribution >= 4 is 34.5 Å². The Bertz CT molecular complexity index is 1540. The molecule has 2 heterocycles. The molecular weight excluding hydrogens is 597 g/mol. The van der Waals surface area contributed by atoms with Crippen LogP contribution >= 0.6 is 22.9 Å². The molecule has 3 aromatic carbocycles. The van der Waals surface area contributed by atoms with E-state index in [4.69, 9.17) is 16.3 Å². The number of para-hydroxylation sites is 2. The standard InChI is InChI=1S/C32H32ClF3N4O2S/c1-2-42-29-12-4-3-11-28(29)39-13-15-40(16-14-39)31(41)27-22-43-30(37-27)21-38(20-24-8-6-10-26(33)18-24)19-23-7-5-9-25(17-23)32(34,35)36/h3-12,17-18,22H,2,13-16,19-21H2,1H3. The number of alkyl halides is 3. The Hall–Kier alpha value is -3.60. The van der Waals surface area contributed by atoms with Crippen molar-refractivity contribution in [1.82, 2.24) is 14.8 Å². The number of hydrogen-bond donors (Lipinski definition) is 0. The Labute approximate surface area is 258 Å². The van der Waals surface area contributed by atoms with E-state index in [0.29, 0.717) is 67.2 Å². The van der Waals surface area contributed by atoms with Gasteiger partial charge < -0.3 is 14.5 Å². The zero-order chi connectivity index (χ0) is 30.4. The maximum absolute atomic E-state index is 13.4. The van der Waals surface area contributed by atoms with Gasteiger partial charge in [0.1, 0.15) is 16.5 Å². The maximum atomic E-state index is 13.4. The lowest BCUT2D eigenvalue weighted by atomic mass is 10.1. The van der Waals surface area contributed by atoms with E-state index in [2.05, 4.69) is 9.88 Å². The summed E-state index contributed by atoms with van der Waals surface area (Å²) in [6.45, 7) is 6.09. The molecule has 0 unspecified atom stereocenters. The summed E-state index contributed by atoms with van der Waals surface area (Å²) < 4.78 is 45.8. The van der Waals surface area contributed by atoms with Gasteiger partial charge in [0.15, 0.2) is 0 Å². The minimum absolute atomic E-state index is 0.125. The van der Waals surface area contributed by atoms with E-state index in [9.17, 15) is 18.0 Å². The molecule has 1 aliphatic heterocycles. The van der Waals surface area contributed by atoms with Gasteiger partial charge in [0, 0.05) is 49.7 Å². The van der Waals surface area contributed by atoms with E-state index in [-0.39, 0.29) is 12.5 Å². The van der Waals surface area contributed by atoms with E-state index in [1.54, 1.807) is 17.5 Å². The Balaban J connectivity index is 1.26. The summed E-state index contributed by atoms with van der Waals surface area (Å²) in [6, 6.07) is 20.6. The van der Waals surface area contributed by atoms with Gasteiger partial charge in [-0.3, -0.25) is 9.69 Å². The molecule has 1 fully saturated rings. The van der Waals surface area contributed by atoms with Gasteiger partial charge >= 0.3 is 6.18 Å². The van der Waals surface area contributed by atoms with Crippen molar-refractivity contribution in [2.75, 3.05) is 37.7 Å². The highest BCUT2D eigenvalue weighted by molar-refractivity contribution is 7.09. The molecule has 4 aromatic rings. The first-order valence-corrected chi connectivity index (χ1v) is 15.3. The van der Waals surface area contributed by atoms with Crippen LogP contribution in [0.3, 0.4) is 0 Å². The average Bonchev–Trinajstić information content (AvgIpc) is 3.45. The first kappa shape index (κ1) is 30.8. The smallest absolute Gasteiger partial charge is 0.416 e. The van der Waals surface area contributed by atoms with Gasteiger partial charge in [-0.15, -0.1) is 11.3 Å². The number of carbonyl (C=O) groups excluding carboxylic acids is 1. The third-order valence-electron chi connectivity index (χ3n) is 7.16. The monoisotopic (exact) mass is 628 g/mol. The number of anilines is 1. The molecule has 6 nitrogen and oxygen atoms in total. The van der Waals surface area contributed by atoms with Crippen LogP contribution in [0.2, 0.25) is 5.02 Å². The summed E-state index contributed by atoms with van der Waals surface area (Å²) in [5.41, 5.74) is 2.18. The number of halogens is 4. The lowest BCUT2D eigenvalue weighted by molar-refractivity contribution is -0.137. The van der Waals surface area contributed by atoms with Crippen molar-refractivity contribution in [2.24, 2.45) is 0 Å². The second-order valence-corrected chi connectivity index (χ2v) is 11.7. The molecule has 0 spiro atoms. The van der Waals surface area contributed by atoms with Crippen LogP contribution in [-0.2, 0) is 25.8 Å². The van der Waals surface area contributed by atoms with E-state index in [1.165, 1.54) is 23.5 Å². The lowest BCUT2D eigenvalue weighted by Crippen LogP contribution is -2.49. The van der Waals surface area contributed by atoms with E-state index in [1.807, 2.05) is 59.2 Å². The Morgan fingerprint density at radius 2 is 1.65 bits per heavy atom. The van der Waals surface area contributed by atoms with Gasteiger partial charge in [0.25, 0.3) is 5.91 Å². The Morgan fingerprint density at radius 3 is 2.35 bits per heavy atom. The third-order valence-corrected chi connectivity index (χ3v) is 8.23. The number of piperazine rings is 1. The molecule has 226 valence electrons. The molecule has 0 aliphatic carbocycles. The van der Waals surface area contributed by atoms with Crippen LogP contribution in [0.5, 0.6) is 5.75 Å². The van der Waals surface area contributed by atoms with E-state index < -0.39 is 11.7 Å². The first-order valence-electron chi connectivity index (χ1n) is 14.0. The number of hydrogen-bond acceptors (Lipinski definition) is 6. The van der Waals surface area contributed by atoms with Crippen molar-refractivity contribution in [1.29, 1.82) is 0 Å².